The summed E-state index contributed by atoms with van der Waals surface area (Å²) in [7, 11) is 0. The van der Waals surface area contributed by atoms with Crippen LogP contribution < -0.4 is 5.73 Å². The predicted molar refractivity (Wildman–Crippen MR) is 83.8 cm³/mol. The van der Waals surface area contributed by atoms with Gasteiger partial charge in [-0.25, -0.2) is 0 Å². The van der Waals surface area contributed by atoms with Crippen molar-refractivity contribution in [3.05, 3.63) is 64.1 Å². The highest BCUT2D eigenvalue weighted by Gasteiger charge is 2.20. The van der Waals surface area contributed by atoms with Gasteiger partial charge in [-0.3, -0.25) is 4.79 Å². The molecule has 0 aliphatic rings. The largest absolute Gasteiger partial charge is 0.390 e. The van der Waals surface area contributed by atoms with Crippen LogP contribution in [0.4, 0.5) is 5.00 Å². The van der Waals surface area contributed by atoms with Gasteiger partial charge in [0, 0.05) is 20.1 Å². The molecule has 1 aromatic heterocycles. The number of carbonyl (C=O) groups excluding carboxylic acids is 1. The molecule has 1 heterocycles. The summed E-state index contributed by atoms with van der Waals surface area (Å²) in [6.45, 7) is 0. The van der Waals surface area contributed by atoms with E-state index >= 15 is 0 Å². The first-order chi connectivity index (χ1) is 9.18. The number of thiophene rings is 1. The maximum absolute atomic E-state index is 12.6. The van der Waals surface area contributed by atoms with Gasteiger partial charge >= 0.3 is 0 Å². The van der Waals surface area contributed by atoms with Crippen LogP contribution in [-0.2, 0) is 0 Å². The lowest BCUT2D eigenvalue weighted by Crippen LogP contribution is -2.03. The lowest BCUT2D eigenvalue weighted by atomic mass is 10.0. The van der Waals surface area contributed by atoms with Crippen LogP contribution in [0.15, 0.2) is 53.0 Å². The third kappa shape index (κ3) is 2.07. The number of anilines is 1. The summed E-state index contributed by atoms with van der Waals surface area (Å²) in [6, 6.07) is 15.1. The van der Waals surface area contributed by atoms with E-state index in [9.17, 15) is 4.79 Å². The van der Waals surface area contributed by atoms with E-state index in [0.717, 1.165) is 14.6 Å². The van der Waals surface area contributed by atoms with Gasteiger partial charge in [0.15, 0.2) is 5.78 Å². The predicted octanol–water partition coefficient (Wildman–Crippen LogP) is 4.48. The number of benzene rings is 2. The molecular weight excluding hydrogens is 322 g/mol. The number of fused-ring (bicyclic) bond motifs is 1. The molecule has 0 aliphatic carbocycles. The molecule has 0 saturated carbocycles. The third-order valence-corrected chi connectivity index (χ3v) is 4.60. The van der Waals surface area contributed by atoms with Crippen molar-refractivity contribution in [2.24, 2.45) is 0 Å². The summed E-state index contributed by atoms with van der Waals surface area (Å²) in [5.41, 5.74) is 7.29. The molecule has 0 amide bonds. The van der Waals surface area contributed by atoms with Gasteiger partial charge in [0.05, 0.1) is 10.6 Å². The lowest BCUT2D eigenvalue weighted by molar-refractivity contribution is 0.104. The number of ketones is 1. The van der Waals surface area contributed by atoms with Crippen LogP contribution in [0.2, 0.25) is 0 Å². The average molecular weight is 332 g/mol. The smallest absolute Gasteiger partial charge is 0.196 e. The average Bonchev–Trinajstić information content (AvgIpc) is 2.76. The Morgan fingerprint density at radius 3 is 2.53 bits per heavy atom. The van der Waals surface area contributed by atoms with Crippen molar-refractivity contribution in [3.8, 4) is 0 Å². The Balaban J connectivity index is 2.26. The SMILES string of the molecule is Nc1sc2cccc(Br)c2c1C(=O)c1ccccc1. The Bertz CT molecular complexity index is 764. The summed E-state index contributed by atoms with van der Waals surface area (Å²) in [4.78, 5) is 12.6. The molecule has 0 spiro atoms. The molecule has 0 unspecified atom stereocenters. The van der Waals surface area contributed by atoms with Crippen molar-refractivity contribution in [1.29, 1.82) is 0 Å². The lowest BCUT2D eigenvalue weighted by Gasteiger charge is -2.02. The third-order valence-electron chi connectivity index (χ3n) is 2.95. The Morgan fingerprint density at radius 1 is 1.05 bits per heavy atom. The van der Waals surface area contributed by atoms with Crippen molar-refractivity contribution in [2.75, 3.05) is 5.73 Å². The Labute approximate surface area is 123 Å². The van der Waals surface area contributed by atoms with E-state index < -0.39 is 0 Å². The molecule has 19 heavy (non-hydrogen) atoms. The van der Waals surface area contributed by atoms with Crippen LogP contribution in [0.1, 0.15) is 15.9 Å². The highest BCUT2D eigenvalue weighted by atomic mass is 79.9. The van der Waals surface area contributed by atoms with E-state index in [2.05, 4.69) is 15.9 Å². The normalized spacial score (nSPS) is 10.8. The van der Waals surface area contributed by atoms with Crippen LogP contribution >= 0.6 is 27.3 Å². The van der Waals surface area contributed by atoms with Crippen molar-refractivity contribution in [3.63, 3.8) is 0 Å². The zero-order valence-corrected chi connectivity index (χ0v) is 12.3. The summed E-state index contributed by atoms with van der Waals surface area (Å²) in [5, 5.41) is 1.47. The molecule has 0 saturated heterocycles. The van der Waals surface area contributed by atoms with Gasteiger partial charge < -0.3 is 5.73 Å². The van der Waals surface area contributed by atoms with Crippen LogP contribution in [0.3, 0.4) is 0 Å². The first kappa shape index (κ1) is 12.4. The van der Waals surface area contributed by atoms with E-state index in [1.807, 2.05) is 48.5 Å². The molecule has 2 N–H and O–H groups in total. The van der Waals surface area contributed by atoms with Gasteiger partial charge in [0.2, 0.25) is 0 Å². The molecule has 4 heteroatoms. The van der Waals surface area contributed by atoms with Crippen LogP contribution in [-0.4, -0.2) is 5.78 Å². The molecule has 0 radical (unpaired) electrons. The number of carbonyl (C=O) groups is 1. The minimum absolute atomic E-state index is 0.0312. The number of halogens is 1. The molecule has 3 aromatic rings. The fourth-order valence-corrected chi connectivity index (χ4v) is 3.77. The minimum Gasteiger partial charge on any atom is -0.390 e. The second kappa shape index (κ2) is 4.79. The topological polar surface area (TPSA) is 43.1 Å². The number of rotatable bonds is 2. The van der Waals surface area contributed by atoms with Crippen molar-refractivity contribution >= 4 is 48.1 Å². The molecule has 0 bridgehead atoms. The fourth-order valence-electron chi connectivity index (χ4n) is 2.08. The van der Waals surface area contributed by atoms with Gasteiger partial charge in [-0.05, 0) is 12.1 Å². The summed E-state index contributed by atoms with van der Waals surface area (Å²) < 4.78 is 1.92. The van der Waals surface area contributed by atoms with E-state index in [1.54, 1.807) is 0 Å². The first-order valence-corrected chi connectivity index (χ1v) is 7.35. The van der Waals surface area contributed by atoms with E-state index in [0.29, 0.717) is 16.1 Å². The van der Waals surface area contributed by atoms with Crippen LogP contribution in [0, 0.1) is 0 Å². The van der Waals surface area contributed by atoms with Gasteiger partial charge in [-0.2, -0.15) is 0 Å². The molecule has 0 atom stereocenters. The monoisotopic (exact) mass is 331 g/mol. The number of nitrogens with two attached hydrogens (primary N) is 1. The molecule has 2 aromatic carbocycles. The molecule has 0 fully saturated rings. The van der Waals surface area contributed by atoms with Gasteiger partial charge in [0.1, 0.15) is 0 Å². The fraction of sp³-hybridized carbons (Fsp3) is 0. The van der Waals surface area contributed by atoms with Crippen molar-refractivity contribution in [2.45, 2.75) is 0 Å². The summed E-state index contributed by atoms with van der Waals surface area (Å²) in [5.74, 6) is -0.0312. The van der Waals surface area contributed by atoms with E-state index in [-0.39, 0.29) is 5.78 Å². The van der Waals surface area contributed by atoms with Crippen LogP contribution in [0.5, 0.6) is 0 Å². The standard InChI is InChI=1S/C15H10BrNOS/c16-10-7-4-8-11-12(10)13(15(17)19-11)14(18)9-5-2-1-3-6-9/h1-8H,17H2. The zero-order valence-electron chi connectivity index (χ0n) is 9.89. The van der Waals surface area contributed by atoms with Gasteiger partial charge in [-0.1, -0.05) is 52.3 Å². The number of nitrogen functional groups attached to an aromatic ring is 1. The minimum atomic E-state index is -0.0312. The second-order valence-electron chi connectivity index (χ2n) is 4.15. The summed E-state index contributed by atoms with van der Waals surface area (Å²) >= 11 is 4.94. The molecule has 2 nitrogen and oxygen atoms in total. The molecule has 0 aliphatic heterocycles. The maximum atomic E-state index is 12.6. The van der Waals surface area contributed by atoms with Crippen molar-refractivity contribution < 1.29 is 4.79 Å². The summed E-state index contributed by atoms with van der Waals surface area (Å²) in [6.07, 6.45) is 0. The quantitative estimate of drug-likeness (QED) is 0.703. The maximum Gasteiger partial charge on any atom is 0.196 e. The highest BCUT2D eigenvalue weighted by molar-refractivity contribution is 9.10. The van der Waals surface area contributed by atoms with E-state index in [1.165, 1.54) is 11.3 Å². The Morgan fingerprint density at radius 2 is 1.79 bits per heavy atom. The number of hydrogen-bond acceptors (Lipinski definition) is 3. The zero-order chi connectivity index (χ0) is 13.4. The molecule has 94 valence electrons. The van der Waals surface area contributed by atoms with Gasteiger partial charge in [-0.15, -0.1) is 11.3 Å². The van der Waals surface area contributed by atoms with E-state index in [4.69, 9.17) is 5.73 Å². The second-order valence-corrected chi connectivity index (χ2v) is 6.09. The van der Waals surface area contributed by atoms with Crippen LogP contribution in [0.25, 0.3) is 10.1 Å². The molecular formula is C15H10BrNOS. The Kier molecular flexibility index (Phi) is 3.12. The first-order valence-electron chi connectivity index (χ1n) is 5.74. The van der Waals surface area contributed by atoms with Crippen molar-refractivity contribution in [1.82, 2.24) is 0 Å². The Hall–Kier alpha value is -1.65. The highest BCUT2D eigenvalue weighted by Crippen LogP contribution is 2.38. The number of hydrogen-bond donors (Lipinski definition) is 1. The van der Waals surface area contributed by atoms with Gasteiger partial charge in [0.25, 0.3) is 0 Å². The molecule has 3 rings (SSSR count).